The molecule has 0 bridgehead atoms. The first-order chi connectivity index (χ1) is 8.70. The molecular weight excluding hydrogens is 242 g/mol. The minimum Gasteiger partial charge on any atom is -0.491 e. The van der Waals surface area contributed by atoms with Crippen LogP contribution in [0.2, 0.25) is 0 Å². The molecule has 1 rings (SSSR count). The zero-order valence-corrected chi connectivity index (χ0v) is 12.3. The Balaban J connectivity index is 2.65. The maximum Gasteiger partial charge on any atom is 0.253 e. The first kappa shape index (κ1) is 15.5. The molecule has 19 heavy (non-hydrogen) atoms. The van der Waals surface area contributed by atoms with Gasteiger partial charge in [-0.25, -0.2) is 0 Å². The largest absolute Gasteiger partial charge is 0.491 e. The summed E-state index contributed by atoms with van der Waals surface area (Å²) in [6, 6.07) is 7.62. The molecule has 1 amide bonds. The molecule has 0 aliphatic carbocycles. The lowest BCUT2D eigenvalue weighted by atomic mass is 10.1. The summed E-state index contributed by atoms with van der Waals surface area (Å²) in [5.41, 5.74) is -0.341. The van der Waals surface area contributed by atoms with Crippen LogP contribution in [0.15, 0.2) is 24.3 Å². The molecule has 0 radical (unpaired) electrons. The summed E-state index contributed by atoms with van der Waals surface area (Å²) < 4.78 is 5.56. The lowest BCUT2D eigenvalue weighted by Crippen LogP contribution is -2.42. The van der Waals surface area contributed by atoms with Crippen LogP contribution in [0.25, 0.3) is 0 Å². The summed E-state index contributed by atoms with van der Waals surface area (Å²) in [5, 5.41) is 9.67. The molecule has 0 aliphatic heterocycles. The van der Waals surface area contributed by atoms with Crippen LogP contribution in [0.3, 0.4) is 0 Å². The summed E-state index contributed by atoms with van der Waals surface area (Å²) in [7, 11) is 1.68. The average Bonchev–Trinajstić information content (AvgIpc) is 2.28. The molecule has 4 heteroatoms. The van der Waals surface area contributed by atoms with E-state index in [0.29, 0.717) is 6.54 Å². The number of likely N-dealkylation sites (N-methyl/N-ethyl adjacent to an activating group) is 1. The van der Waals surface area contributed by atoms with Crippen LogP contribution in [-0.4, -0.2) is 34.7 Å². The topological polar surface area (TPSA) is 49.8 Å². The van der Waals surface area contributed by atoms with E-state index in [4.69, 9.17) is 4.74 Å². The lowest BCUT2D eigenvalue weighted by molar-refractivity contribution is -0.146. The maximum absolute atomic E-state index is 11.8. The summed E-state index contributed by atoms with van der Waals surface area (Å²) >= 11 is 0. The predicted octanol–water partition coefficient (Wildman–Crippen LogP) is 2.20. The summed E-state index contributed by atoms with van der Waals surface area (Å²) in [5.74, 6) is 0.519. The van der Waals surface area contributed by atoms with Gasteiger partial charge in [0.2, 0.25) is 0 Å². The van der Waals surface area contributed by atoms with E-state index in [1.807, 2.05) is 38.1 Å². The van der Waals surface area contributed by atoms with Crippen molar-refractivity contribution >= 4 is 5.91 Å². The molecule has 4 nitrogen and oxygen atoms in total. The van der Waals surface area contributed by atoms with E-state index in [1.54, 1.807) is 7.05 Å². The monoisotopic (exact) mass is 265 g/mol. The number of carbonyl (C=O) groups excluding carboxylic acids is 1. The molecule has 1 aromatic rings. The lowest BCUT2D eigenvalue weighted by Gasteiger charge is -2.25. The first-order valence-electron chi connectivity index (χ1n) is 6.43. The van der Waals surface area contributed by atoms with E-state index in [0.717, 1.165) is 11.3 Å². The van der Waals surface area contributed by atoms with Gasteiger partial charge in [-0.2, -0.15) is 0 Å². The van der Waals surface area contributed by atoms with Crippen LogP contribution in [0.4, 0.5) is 0 Å². The number of rotatable bonds is 5. The van der Waals surface area contributed by atoms with Gasteiger partial charge in [-0.05, 0) is 45.4 Å². The third-order valence-electron chi connectivity index (χ3n) is 2.58. The minimum atomic E-state index is -1.34. The fourth-order valence-electron chi connectivity index (χ4n) is 1.76. The molecular formula is C15H23NO3. The summed E-state index contributed by atoms with van der Waals surface area (Å²) in [6.07, 6.45) is 0.144. The van der Waals surface area contributed by atoms with Crippen LogP contribution in [0.1, 0.15) is 33.3 Å². The highest BCUT2D eigenvalue weighted by Gasteiger charge is 2.27. The molecule has 0 aliphatic rings. The van der Waals surface area contributed by atoms with Crippen molar-refractivity contribution in [3.63, 3.8) is 0 Å². The number of carbonyl (C=O) groups is 1. The molecule has 1 aromatic carbocycles. The number of nitrogens with zero attached hydrogens (tertiary/aromatic N) is 1. The Hall–Kier alpha value is -1.55. The average molecular weight is 265 g/mol. The van der Waals surface area contributed by atoms with Gasteiger partial charge in [0, 0.05) is 13.6 Å². The number of aliphatic hydroxyl groups is 1. The zero-order chi connectivity index (χ0) is 14.6. The molecule has 1 N–H and O–H groups in total. The Morgan fingerprint density at radius 1 is 1.32 bits per heavy atom. The van der Waals surface area contributed by atoms with E-state index in [1.165, 1.54) is 18.7 Å². The molecule has 0 aromatic heterocycles. The van der Waals surface area contributed by atoms with E-state index >= 15 is 0 Å². The minimum absolute atomic E-state index is 0.144. The molecule has 0 fully saturated rings. The second-order valence-corrected chi connectivity index (χ2v) is 5.53. The van der Waals surface area contributed by atoms with E-state index in [2.05, 4.69) is 0 Å². The third kappa shape index (κ3) is 4.91. The standard InChI is InChI=1S/C15H23NO3/c1-11(2)19-13-8-6-12(7-9-13)10-16(5)14(17)15(3,4)18/h6-9,11,18H,10H2,1-5H3. The highest BCUT2D eigenvalue weighted by atomic mass is 16.5. The number of hydrogen-bond donors (Lipinski definition) is 1. The molecule has 0 heterocycles. The Labute approximate surface area is 115 Å². The Bertz CT molecular complexity index is 418. The quantitative estimate of drug-likeness (QED) is 0.888. The van der Waals surface area contributed by atoms with Gasteiger partial charge in [-0.3, -0.25) is 4.79 Å². The van der Waals surface area contributed by atoms with Crippen molar-refractivity contribution in [1.82, 2.24) is 4.90 Å². The van der Waals surface area contributed by atoms with E-state index < -0.39 is 5.60 Å². The van der Waals surface area contributed by atoms with Crippen molar-refractivity contribution in [2.45, 2.75) is 45.9 Å². The highest BCUT2D eigenvalue weighted by Crippen LogP contribution is 2.16. The van der Waals surface area contributed by atoms with Crippen LogP contribution in [-0.2, 0) is 11.3 Å². The SMILES string of the molecule is CC(C)Oc1ccc(CN(C)C(=O)C(C)(C)O)cc1. The van der Waals surface area contributed by atoms with Crippen molar-refractivity contribution in [2.75, 3.05) is 7.05 Å². The van der Waals surface area contributed by atoms with Gasteiger partial charge in [0.25, 0.3) is 5.91 Å². The maximum atomic E-state index is 11.8. The fourth-order valence-corrected chi connectivity index (χ4v) is 1.76. The molecule has 0 saturated heterocycles. The zero-order valence-electron chi connectivity index (χ0n) is 12.3. The molecule has 0 saturated carbocycles. The Morgan fingerprint density at radius 2 is 1.84 bits per heavy atom. The van der Waals surface area contributed by atoms with Crippen LogP contribution < -0.4 is 4.74 Å². The van der Waals surface area contributed by atoms with Gasteiger partial charge >= 0.3 is 0 Å². The van der Waals surface area contributed by atoms with E-state index in [9.17, 15) is 9.90 Å². The smallest absolute Gasteiger partial charge is 0.253 e. The fraction of sp³-hybridized carbons (Fsp3) is 0.533. The number of hydrogen-bond acceptors (Lipinski definition) is 3. The van der Waals surface area contributed by atoms with Crippen molar-refractivity contribution in [2.24, 2.45) is 0 Å². The number of ether oxygens (including phenoxy) is 1. The molecule has 0 unspecified atom stereocenters. The van der Waals surface area contributed by atoms with Crippen LogP contribution in [0.5, 0.6) is 5.75 Å². The molecule has 106 valence electrons. The van der Waals surface area contributed by atoms with Gasteiger partial charge in [-0.15, -0.1) is 0 Å². The Morgan fingerprint density at radius 3 is 2.26 bits per heavy atom. The first-order valence-corrected chi connectivity index (χ1v) is 6.43. The van der Waals surface area contributed by atoms with Crippen molar-refractivity contribution in [1.29, 1.82) is 0 Å². The second-order valence-electron chi connectivity index (χ2n) is 5.53. The van der Waals surface area contributed by atoms with Crippen molar-refractivity contribution < 1.29 is 14.6 Å². The third-order valence-corrected chi connectivity index (χ3v) is 2.58. The summed E-state index contributed by atoms with van der Waals surface area (Å²) in [4.78, 5) is 13.3. The molecule has 0 spiro atoms. The number of amides is 1. The van der Waals surface area contributed by atoms with E-state index in [-0.39, 0.29) is 12.0 Å². The predicted molar refractivity (Wildman–Crippen MR) is 75.0 cm³/mol. The summed E-state index contributed by atoms with van der Waals surface area (Å²) in [6.45, 7) is 7.40. The van der Waals surface area contributed by atoms with Gasteiger partial charge in [0.1, 0.15) is 11.4 Å². The van der Waals surface area contributed by atoms with Gasteiger partial charge < -0.3 is 14.7 Å². The number of benzene rings is 1. The van der Waals surface area contributed by atoms with Gasteiger partial charge in [-0.1, -0.05) is 12.1 Å². The van der Waals surface area contributed by atoms with Gasteiger partial charge in [0.15, 0.2) is 0 Å². The van der Waals surface area contributed by atoms with Crippen molar-refractivity contribution in [3.05, 3.63) is 29.8 Å². The highest BCUT2D eigenvalue weighted by molar-refractivity contribution is 5.83. The normalized spacial score (nSPS) is 11.5. The van der Waals surface area contributed by atoms with Crippen LogP contribution in [0, 0.1) is 0 Å². The van der Waals surface area contributed by atoms with Gasteiger partial charge in [0.05, 0.1) is 6.10 Å². The second kappa shape index (κ2) is 6.06. The van der Waals surface area contributed by atoms with Crippen LogP contribution >= 0.6 is 0 Å². The molecule has 0 atom stereocenters. The Kier molecular flexibility index (Phi) is 4.95. The van der Waals surface area contributed by atoms with Crippen molar-refractivity contribution in [3.8, 4) is 5.75 Å².